The van der Waals surface area contributed by atoms with Crippen LogP contribution in [0.15, 0.2) is 23.1 Å². The summed E-state index contributed by atoms with van der Waals surface area (Å²) in [5.41, 5.74) is 6.15. The lowest BCUT2D eigenvalue weighted by atomic mass is 9.96. The highest BCUT2D eigenvalue weighted by molar-refractivity contribution is 7.99. The lowest BCUT2D eigenvalue weighted by Gasteiger charge is -2.30. The second-order valence-electron chi connectivity index (χ2n) is 5.19. The molecule has 1 aromatic carbocycles. The van der Waals surface area contributed by atoms with E-state index in [4.69, 9.17) is 10.5 Å². The fraction of sp³-hybridized carbons (Fsp3) is 0.571. The summed E-state index contributed by atoms with van der Waals surface area (Å²) in [6.07, 6.45) is 6.20. The van der Waals surface area contributed by atoms with Crippen LogP contribution in [0.5, 0.6) is 5.75 Å². The van der Waals surface area contributed by atoms with Gasteiger partial charge in [0.1, 0.15) is 5.75 Å². The SMILES string of the molecule is COc1cc(S(=O)(=O)NC2CCCCC2SC)ccc1N. The molecule has 0 spiro atoms. The lowest BCUT2D eigenvalue weighted by Crippen LogP contribution is -2.43. The van der Waals surface area contributed by atoms with Gasteiger partial charge >= 0.3 is 0 Å². The molecular weight excluding hydrogens is 308 g/mol. The molecule has 0 heterocycles. The number of rotatable bonds is 5. The second-order valence-corrected chi connectivity index (χ2v) is 7.98. The van der Waals surface area contributed by atoms with Gasteiger partial charge in [0.15, 0.2) is 0 Å². The van der Waals surface area contributed by atoms with E-state index in [0.29, 0.717) is 16.7 Å². The number of nitrogens with one attached hydrogen (secondary N) is 1. The van der Waals surface area contributed by atoms with Gasteiger partial charge in [-0.1, -0.05) is 12.8 Å². The van der Waals surface area contributed by atoms with Crippen molar-refractivity contribution in [1.29, 1.82) is 0 Å². The highest BCUT2D eigenvalue weighted by atomic mass is 32.2. The molecule has 0 bridgehead atoms. The van der Waals surface area contributed by atoms with Gasteiger partial charge < -0.3 is 10.5 Å². The zero-order valence-electron chi connectivity index (χ0n) is 12.3. The normalized spacial score (nSPS) is 23.0. The van der Waals surface area contributed by atoms with E-state index < -0.39 is 10.0 Å². The number of sulfonamides is 1. The van der Waals surface area contributed by atoms with Gasteiger partial charge in [-0.05, 0) is 31.2 Å². The van der Waals surface area contributed by atoms with E-state index in [0.717, 1.165) is 19.3 Å². The molecule has 0 aromatic heterocycles. The van der Waals surface area contributed by atoms with Crippen LogP contribution in [0.3, 0.4) is 0 Å². The number of methoxy groups -OCH3 is 1. The summed E-state index contributed by atoms with van der Waals surface area (Å²) < 4.78 is 33.0. The Balaban J connectivity index is 2.21. The van der Waals surface area contributed by atoms with Gasteiger partial charge in [-0.3, -0.25) is 0 Å². The molecule has 3 N–H and O–H groups in total. The van der Waals surface area contributed by atoms with Crippen LogP contribution in [0, 0.1) is 0 Å². The van der Waals surface area contributed by atoms with E-state index in [-0.39, 0.29) is 10.9 Å². The first kappa shape index (κ1) is 16.5. The number of hydrogen-bond donors (Lipinski definition) is 2. The van der Waals surface area contributed by atoms with Gasteiger partial charge in [0.05, 0.1) is 17.7 Å². The topological polar surface area (TPSA) is 81.4 Å². The molecule has 2 rings (SSSR count). The zero-order valence-corrected chi connectivity index (χ0v) is 14.0. The average Bonchev–Trinajstić information content (AvgIpc) is 2.47. The molecule has 0 amide bonds. The fourth-order valence-electron chi connectivity index (χ4n) is 2.64. The third-order valence-electron chi connectivity index (χ3n) is 3.83. The van der Waals surface area contributed by atoms with Crippen molar-refractivity contribution in [2.45, 2.75) is 41.9 Å². The molecule has 1 fully saturated rings. The molecule has 1 aromatic rings. The van der Waals surface area contributed by atoms with Crippen molar-refractivity contribution in [3.8, 4) is 5.75 Å². The van der Waals surface area contributed by atoms with E-state index in [1.165, 1.54) is 25.7 Å². The zero-order chi connectivity index (χ0) is 15.5. The molecule has 0 aliphatic heterocycles. The van der Waals surface area contributed by atoms with Crippen molar-refractivity contribution in [3.05, 3.63) is 18.2 Å². The van der Waals surface area contributed by atoms with E-state index >= 15 is 0 Å². The maximum Gasteiger partial charge on any atom is 0.240 e. The Bertz CT molecular complexity index is 590. The lowest BCUT2D eigenvalue weighted by molar-refractivity contribution is 0.414. The largest absolute Gasteiger partial charge is 0.495 e. The Hall–Kier alpha value is -0.920. The molecule has 1 aliphatic carbocycles. The van der Waals surface area contributed by atoms with Gasteiger partial charge in [-0.25, -0.2) is 13.1 Å². The minimum Gasteiger partial charge on any atom is -0.495 e. The first-order chi connectivity index (χ1) is 9.97. The highest BCUT2D eigenvalue weighted by Gasteiger charge is 2.29. The molecule has 0 radical (unpaired) electrons. The second kappa shape index (κ2) is 6.89. The smallest absolute Gasteiger partial charge is 0.240 e. The standard InChI is InChI=1S/C14H22N2O3S2/c1-19-13-9-10(7-8-11(13)15)21(17,18)16-12-5-3-4-6-14(12)20-2/h7-9,12,14,16H,3-6,15H2,1-2H3. The average molecular weight is 330 g/mol. The molecule has 2 unspecified atom stereocenters. The van der Waals surface area contributed by atoms with E-state index in [1.54, 1.807) is 17.8 Å². The number of nitrogen functional groups attached to an aromatic ring is 1. The Morgan fingerprint density at radius 3 is 2.71 bits per heavy atom. The summed E-state index contributed by atoms with van der Waals surface area (Å²) in [5.74, 6) is 0.378. The van der Waals surface area contributed by atoms with Crippen LogP contribution in [0.1, 0.15) is 25.7 Å². The molecule has 7 heteroatoms. The molecule has 118 valence electrons. The quantitative estimate of drug-likeness (QED) is 0.809. The fourth-order valence-corrected chi connectivity index (χ4v) is 4.99. The molecule has 2 atom stereocenters. The summed E-state index contributed by atoms with van der Waals surface area (Å²) in [6, 6.07) is 4.52. The first-order valence-corrected chi connectivity index (χ1v) is 9.73. The third kappa shape index (κ3) is 3.84. The number of nitrogens with two attached hydrogens (primary N) is 1. The first-order valence-electron chi connectivity index (χ1n) is 6.96. The summed E-state index contributed by atoms with van der Waals surface area (Å²) >= 11 is 1.73. The summed E-state index contributed by atoms with van der Waals surface area (Å²) in [7, 11) is -2.08. The van der Waals surface area contributed by atoms with Crippen LogP contribution in [0.4, 0.5) is 5.69 Å². The molecule has 5 nitrogen and oxygen atoms in total. The Labute approximate surface area is 130 Å². The summed E-state index contributed by atoms with van der Waals surface area (Å²) in [4.78, 5) is 0.193. The Kier molecular flexibility index (Phi) is 5.40. The number of anilines is 1. The number of ether oxygens (including phenoxy) is 1. The number of thioether (sulfide) groups is 1. The predicted molar refractivity (Wildman–Crippen MR) is 87.3 cm³/mol. The monoisotopic (exact) mass is 330 g/mol. The van der Waals surface area contributed by atoms with Crippen LogP contribution in [-0.2, 0) is 10.0 Å². The maximum atomic E-state index is 12.5. The Morgan fingerprint density at radius 2 is 2.05 bits per heavy atom. The van der Waals surface area contributed by atoms with Gasteiger partial charge in [0.25, 0.3) is 0 Å². The van der Waals surface area contributed by atoms with Crippen LogP contribution >= 0.6 is 11.8 Å². The van der Waals surface area contributed by atoms with Crippen LogP contribution in [0.25, 0.3) is 0 Å². The number of hydrogen-bond acceptors (Lipinski definition) is 5. The van der Waals surface area contributed by atoms with Crippen molar-refractivity contribution in [3.63, 3.8) is 0 Å². The highest BCUT2D eigenvalue weighted by Crippen LogP contribution is 2.29. The van der Waals surface area contributed by atoms with Crippen molar-refractivity contribution in [2.75, 3.05) is 19.1 Å². The summed E-state index contributed by atoms with van der Waals surface area (Å²) in [6.45, 7) is 0. The van der Waals surface area contributed by atoms with Crippen molar-refractivity contribution < 1.29 is 13.2 Å². The van der Waals surface area contributed by atoms with Gasteiger partial charge in [0.2, 0.25) is 10.0 Å². The number of benzene rings is 1. The molecule has 21 heavy (non-hydrogen) atoms. The van der Waals surface area contributed by atoms with Crippen LogP contribution < -0.4 is 15.2 Å². The molecular formula is C14H22N2O3S2. The van der Waals surface area contributed by atoms with Crippen LogP contribution in [-0.4, -0.2) is 33.1 Å². The summed E-state index contributed by atoms with van der Waals surface area (Å²) in [5, 5.41) is 0.337. The van der Waals surface area contributed by atoms with Gasteiger partial charge in [-0.2, -0.15) is 11.8 Å². The predicted octanol–water partition coefficient (Wildman–Crippen LogP) is 2.23. The van der Waals surface area contributed by atoms with Crippen molar-refractivity contribution in [2.24, 2.45) is 0 Å². The molecule has 1 aliphatic rings. The minimum atomic E-state index is -3.55. The Morgan fingerprint density at radius 1 is 1.33 bits per heavy atom. The van der Waals surface area contributed by atoms with Crippen LogP contribution in [0.2, 0.25) is 0 Å². The molecule has 1 saturated carbocycles. The maximum absolute atomic E-state index is 12.5. The van der Waals surface area contributed by atoms with Crippen molar-refractivity contribution in [1.82, 2.24) is 4.72 Å². The van der Waals surface area contributed by atoms with Gasteiger partial charge in [-0.15, -0.1) is 0 Å². The van der Waals surface area contributed by atoms with E-state index in [2.05, 4.69) is 4.72 Å². The minimum absolute atomic E-state index is 0.0118. The van der Waals surface area contributed by atoms with E-state index in [9.17, 15) is 8.42 Å². The van der Waals surface area contributed by atoms with Gasteiger partial charge in [0, 0.05) is 17.4 Å². The van der Waals surface area contributed by atoms with Crippen molar-refractivity contribution >= 4 is 27.5 Å². The van der Waals surface area contributed by atoms with E-state index in [1.807, 2.05) is 6.26 Å². The molecule has 0 saturated heterocycles. The third-order valence-corrected chi connectivity index (χ3v) is 6.48.